The van der Waals surface area contributed by atoms with Gasteiger partial charge >= 0.3 is 6.18 Å². The summed E-state index contributed by atoms with van der Waals surface area (Å²) in [6.07, 6.45) is -4.52. The smallest absolute Gasteiger partial charge is 0.422 e. The zero-order valence-electron chi connectivity index (χ0n) is 14.9. The van der Waals surface area contributed by atoms with E-state index in [-0.39, 0.29) is 23.9 Å². The Kier molecular flexibility index (Phi) is 6.65. The van der Waals surface area contributed by atoms with Gasteiger partial charge in [0, 0.05) is 11.8 Å². The number of alkyl halides is 3. The zero-order valence-corrected chi connectivity index (χ0v) is 14.9. The normalized spacial score (nSPS) is 11.4. The van der Waals surface area contributed by atoms with Crippen molar-refractivity contribution in [2.75, 3.05) is 23.8 Å². The number of benzene rings is 2. The van der Waals surface area contributed by atoms with Gasteiger partial charge in [-0.15, -0.1) is 0 Å². The lowest BCUT2D eigenvalue weighted by atomic mass is 10.0. The molecule has 27 heavy (non-hydrogen) atoms. The van der Waals surface area contributed by atoms with Crippen molar-refractivity contribution in [1.82, 2.24) is 0 Å². The van der Waals surface area contributed by atoms with Crippen LogP contribution < -0.4 is 15.4 Å². The Morgan fingerprint density at radius 2 is 1.81 bits per heavy atom. The number of ether oxygens (including phenoxy) is 1. The zero-order chi connectivity index (χ0) is 20.0. The van der Waals surface area contributed by atoms with E-state index in [2.05, 4.69) is 15.4 Å². The number of halogens is 4. The Morgan fingerprint density at radius 3 is 2.48 bits per heavy atom. The number of hydrogen-bond acceptors (Lipinski definition) is 3. The van der Waals surface area contributed by atoms with Crippen LogP contribution in [0.1, 0.15) is 25.3 Å². The van der Waals surface area contributed by atoms with Gasteiger partial charge < -0.3 is 15.4 Å². The van der Waals surface area contributed by atoms with Crippen molar-refractivity contribution in [3.8, 4) is 5.75 Å². The van der Waals surface area contributed by atoms with E-state index < -0.39 is 24.5 Å². The standard InChI is InChI=1S/C19H20F4N2O2/c1-12(2)14-5-3-4-6-15(14)25-18(26)10-24-16-9-13(20)7-8-17(16)27-11-19(21,22)23/h3-9,12,24H,10-11H2,1-2H3,(H,25,26). The molecule has 2 rings (SSSR count). The van der Waals surface area contributed by atoms with Gasteiger partial charge in [-0.3, -0.25) is 4.79 Å². The Balaban J connectivity index is 2.03. The average Bonchev–Trinajstić information content (AvgIpc) is 2.58. The molecule has 1 amide bonds. The van der Waals surface area contributed by atoms with E-state index in [0.717, 1.165) is 23.8 Å². The molecule has 2 aromatic carbocycles. The van der Waals surface area contributed by atoms with Crippen LogP contribution in [0.4, 0.5) is 28.9 Å². The van der Waals surface area contributed by atoms with Crippen molar-refractivity contribution in [3.05, 3.63) is 53.8 Å². The molecule has 0 spiro atoms. The SMILES string of the molecule is CC(C)c1ccccc1NC(=O)CNc1cc(F)ccc1OCC(F)(F)F. The monoisotopic (exact) mass is 384 g/mol. The molecule has 0 heterocycles. The fourth-order valence-electron chi connectivity index (χ4n) is 2.41. The molecule has 0 aliphatic rings. The van der Waals surface area contributed by atoms with E-state index in [9.17, 15) is 22.4 Å². The molecule has 0 atom stereocenters. The molecule has 4 nitrogen and oxygen atoms in total. The maximum atomic E-state index is 13.4. The molecular formula is C19H20F4N2O2. The number of nitrogens with one attached hydrogen (secondary N) is 2. The molecule has 0 aliphatic heterocycles. The predicted molar refractivity (Wildman–Crippen MR) is 95.6 cm³/mol. The van der Waals surface area contributed by atoms with E-state index in [1.165, 1.54) is 0 Å². The van der Waals surface area contributed by atoms with Crippen LogP contribution >= 0.6 is 0 Å². The lowest BCUT2D eigenvalue weighted by Crippen LogP contribution is -2.23. The van der Waals surface area contributed by atoms with Gasteiger partial charge in [-0.25, -0.2) is 4.39 Å². The van der Waals surface area contributed by atoms with Crippen molar-refractivity contribution in [2.45, 2.75) is 25.9 Å². The van der Waals surface area contributed by atoms with Crippen LogP contribution in [0, 0.1) is 5.82 Å². The molecule has 0 saturated carbocycles. The fraction of sp³-hybridized carbons (Fsp3) is 0.316. The van der Waals surface area contributed by atoms with Gasteiger partial charge in [0.15, 0.2) is 6.61 Å². The summed E-state index contributed by atoms with van der Waals surface area (Å²) >= 11 is 0. The van der Waals surface area contributed by atoms with Crippen LogP contribution in [-0.2, 0) is 4.79 Å². The molecule has 0 fully saturated rings. The van der Waals surface area contributed by atoms with Crippen LogP contribution in [0.15, 0.2) is 42.5 Å². The summed E-state index contributed by atoms with van der Waals surface area (Å²) in [6.45, 7) is 2.19. The number of hydrogen-bond donors (Lipinski definition) is 2. The van der Waals surface area contributed by atoms with Crippen LogP contribution in [0.3, 0.4) is 0 Å². The third kappa shape index (κ3) is 6.47. The molecule has 2 N–H and O–H groups in total. The van der Waals surface area contributed by atoms with Crippen LogP contribution in [0.5, 0.6) is 5.75 Å². The number of carbonyl (C=O) groups excluding carboxylic acids is 1. The topological polar surface area (TPSA) is 50.4 Å². The first-order valence-electron chi connectivity index (χ1n) is 8.27. The summed E-state index contributed by atoms with van der Waals surface area (Å²) in [7, 11) is 0. The van der Waals surface area contributed by atoms with Crippen molar-refractivity contribution >= 4 is 17.3 Å². The van der Waals surface area contributed by atoms with Gasteiger partial charge in [0.2, 0.25) is 5.91 Å². The van der Waals surface area contributed by atoms with E-state index >= 15 is 0 Å². The molecule has 146 valence electrons. The number of anilines is 2. The molecule has 0 bridgehead atoms. The maximum absolute atomic E-state index is 13.4. The van der Waals surface area contributed by atoms with E-state index in [1.54, 1.807) is 12.1 Å². The van der Waals surface area contributed by atoms with Crippen molar-refractivity contribution in [2.24, 2.45) is 0 Å². The predicted octanol–water partition coefficient (Wildman–Crippen LogP) is 4.94. The van der Waals surface area contributed by atoms with E-state index in [1.807, 2.05) is 26.0 Å². The first kappa shape index (κ1) is 20.5. The van der Waals surface area contributed by atoms with E-state index in [4.69, 9.17) is 0 Å². The highest BCUT2D eigenvalue weighted by atomic mass is 19.4. The van der Waals surface area contributed by atoms with Crippen molar-refractivity contribution < 1.29 is 27.1 Å². The van der Waals surface area contributed by atoms with Crippen LogP contribution in [0.2, 0.25) is 0 Å². The van der Waals surface area contributed by atoms with Gasteiger partial charge in [-0.2, -0.15) is 13.2 Å². The van der Waals surface area contributed by atoms with Gasteiger partial charge in [0.05, 0.1) is 12.2 Å². The molecule has 0 saturated heterocycles. The largest absolute Gasteiger partial charge is 0.482 e. The van der Waals surface area contributed by atoms with Gasteiger partial charge in [0.1, 0.15) is 11.6 Å². The molecule has 8 heteroatoms. The van der Waals surface area contributed by atoms with Crippen LogP contribution in [0.25, 0.3) is 0 Å². The average molecular weight is 384 g/mol. The maximum Gasteiger partial charge on any atom is 0.422 e. The van der Waals surface area contributed by atoms with Crippen LogP contribution in [-0.4, -0.2) is 25.2 Å². The second kappa shape index (κ2) is 8.75. The number of para-hydroxylation sites is 1. The van der Waals surface area contributed by atoms with E-state index in [0.29, 0.717) is 5.69 Å². The first-order valence-corrected chi connectivity index (χ1v) is 8.27. The Morgan fingerprint density at radius 1 is 1.11 bits per heavy atom. The highest BCUT2D eigenvalue weighted by Crippen LogP contribution is 2.28. The second-order valence-corrected chi connectivity index (χ2v) is 6.19. The summed E-state index contributed by atoms with van der Waals surface area (Å²) in [5.41, 5.74) is 1.56. The van der Waals surface area contributed by atoms with Gasteiger partial charge in [-0.1, -0.05) is 32.0 Å². The van der Waals surface area contributed by atoms with Gasteiger partial charge in [-0.05, 0) is 29.7 Å². The number of rotatable bonds is 7. The lowest BCUT2D eigenvalue weighted by molar-refractivity contribution is -0.153. The summed E-state index contributed by atoms with van der Waals surface area (Å²) in [5.74, 6) is -1.08. The highest BCUT2D eigenvalue weighted by molar-refractivity contribution is 5.94. The fourth-order valence-corrected chi connectivity index (χ4v) is 2.41. The highest BCUT2D eigenvalue weighted by Gasteiger charge is 2.29. The molecule has 0 aromatic heterocycles. The molecular weight excluding hydrogens is 364 g/mol. The van der Waals surface area contributed by atoms with Crippen molar-refractivity contribution in [3.63, 3.8) is 0 Å². The Bertz CT molecular complexity index is 792. The second-order valence-electron chi connectivity index (χ2n) is 6.19. The molecule has 0 unspecified atom stereocenters. The lowest BCUT2D eigenvalue weighted by Gasteiger charge is -2.16. The molecule has 2 aromatic rings. The van der Waals surface area contributed by atoms with Gasteiger partial charge in [0.25, 0.3) is 0 Å². The summed E-state index contributed by atoms with van der Waals surface area (Å²) in [5, 5.41) is 5.35. The third-order valence-corrected chi connectivity index (χ3v) is 3.63. The quantitative estimate of drug-likeness (QED) is 0.665. The minimum atomic E-state index is -4.52. The molecule has 0 radical (unpaired) electrons. The minimum Gasteiger partial charge on any atom is -0.482 e. The third-order valence-electron chi connectivity index (χ3n) is 3.63. The summed E-state index contributed by atoms with van der Waals surface area (Å²) in [6, 6.07) is 10.3. The summed E-state index contributed by atoms with van der Waals surface area (Å²) < 4.78 is 55.1. The Hall–Kier alpha value is -2.77. The number of amides is 1. The molecule has 0 aliphatic carbocycles. The first-order chi connectivity index (χ1) is 12.7. The summed E-state index contributed by atoms with van der Waals surface area (Å²) in [4.78, 5) is 12.2. The van der Waals surface area contributed by atoms with Crippen molar-refractivity contribution in [1.29, 1.82) is 0 Å². The minimum absolute atomic E-state index is 0.0356. The Labute approximate surface area is 154 Å². The number of carbonyl (C=O) groups is 1.